The molecule has 0 heterocycles. The number of carbonyl (C=O) groups is 3. The number of nitrogens with one attached hydrogen (secondary N) is 1. The molecule has 0 atom stereocenters. The molecule has 1 aromatic carbocycles. The van der Waals surface area contributed by atoms with Crippen molar-refractivity contribution in [1.82, 2.24) is 5.32 Å². The second-order valence-corrected chi connectivity index (χ2v) is 5.75. The van der Waals surface area contributed by atoms with Crippen LogP contribution in [0.1, 0.15) is 58.4 Å². The van der Waals surface area contributed by atoms with Gasteiger partial charge in [-0.3, -0.25) is 4.79 Å². The number of carboxylic acid groups (broad SMARTS) is 3. The van der Waals surface area contributed by atoms with E-state index < -0.39 is 17.9 Å². The summed E-state index contributed by atoms with van der Waals surface area (Å²) in [6.07, 6.45) is 6.10. The van der Waals surface area contributed by atoms with Gasteiger partial charge in [0.2, 0.25) is 0 Å². The van der Waals surface area contributed by atoms with Gasteiger partial charge in [-0.15, -0.1) is 0 Å². The minimum atomic E-state index is -1.12. The fourth-order valence-corrected chi connectivity index (χ4v) is 2.52. The maximum atomic E-state index is 10.6. The van der Waals surface area contributed by atoms with Crippen LogP contribution < -0.4 is 5.32 Å². The summed E-state index contributed by atoms with van der Waals surface area (Å²) in [6.45, 7) is 1.74. The van der Waals surface area contributed by atoms with Crippen LogP contribution >= 0.6 is 0 Å². The summed E-state index contributed by atoms with van der Waals surface area (Å²) in [6, 6.07) is 4.47. The second-order valence-electron chi connectivity index (χ2n) is 5.75. The van der Waals surface area contributed by atoms with Gasteiger partial charge in [0, 0.05) is 6.04 Å². The summed E-state index contributed by atoms with van der Waals surface area (Å²) < 4.78 is 0. The van der Waals surface area contributed by atoms with Gasteiger partial charge in [-0.25, -0.2) is 9.59 Å². The average Bonchev–Trinajstić information content (AvgIpc) is 2.54. The summed E-state index contributed by atoms with van der Waals surface area (Å²) in [5, 5.41) is 28.7. The summed E-state index contributed by atoms with van der Waals surface area (Å²) >= 11 is 0. The fourth-order valence-electron chi connectivity index (χ4n) is 2.52. The quantitative estimate of drug-likeness (QED) is 0.650. The monoisotopic (exact) mass is 337 g/mol. The molecule has 0 aromatic heterocycles. The molecule has 1 aromatic rings. The van der Waals surface area contributed by atoms with Crippen LogP contribution in [-0.2, 0) is 4.79 Å². The Hall–Kier alpha value is -2.41. The molecule has 0 radical (unpaired) electrons. The number of aromatic carboxylic acids is 2. The molecule has 7 heteroatoms. The first-order valence-corrected chi connectivity index (χ1v) is 7.83. The van der Waals surface area contributed by atoms with E-state index in [1.807, 2.05) is 0 Å². The highest BCUT2D eigenvalue weighted by molar-refractivity contribution is 5.94. The normalized spacial score (nSPS) is 14.4. The van der Waals surface area contributed by atoms with Crippen LogP contribution in [0.5, 0.6) is 0 Å². The first-order chi connectivity index (χ1) is 11.3. The van der Waals surface area contributed by atoms with Crippen LogP contribution in [0.2, 0.25) is 0 Å². The van der Waals surface area contributed by atoms with Crippen molar-refractivity contribution in [2.75, 3.05) is 6.54 Å². The lowest BCUT2D eigenvalue weighted by atomic mass is 9.96. The van der Waals surface area contributed by atoms with E-state index in [0.29, 0.717) is 11.6 Å². The van der Waals surface area contributed by atoms with Gasteiger partial charge in [-0.1, -0.05) is 25.3 Å². The van der Waals surface area contributed by atoms with E-state index in [2.05, 4.69) is 5.32 Å². The number of hydrogen-bond donors (Lipinski definition) is 4. The number of aliphatic carboxylic acids is 1. The first kappa shape index (κ1) is 19.6. The minimum absolute atomic E-state index is 0.0111. The number of rotatable bonds is 5. The molecule has 1 fully saturated rings. The first-order valence-electron chi connectivity index (χ1n) is 7.83. The largest absolute Gasteiger partial charge is 0.480 e. The van der Waals surface area contributed by atoms with Gasteiger partial charge in [0.15, 0.2) is 0 Å². The molecule has 1 saturated carbocycles. The van der Waals surface area contributed by atoms with Gasteiger partial charge < -0.3 is 20.6 Å². The van der Waals surface area contributed by atoms with E-state index in [0.717, 1.165) is 18.9 Å². The van der Waals surface area contributed by atoms with Crippen molar-refractivity contribution in [2.24, 2.45) is 0 Å². The van der Waals surface area contributed by atoms with Gasteiger partial charge in [0.25, 0.3) is 0 Å². The van der Waals surface area contributed by atoms with Gasteiger partial charge >= 0.3 is 17.9 Å². The van der Waals surface area contributed by atoms with Crippen LogP contribution in [0, 0.1) is 6.92 Å². The molecule has 24 heavy (non-hydrogen) atoms. The zero-order chi connectivity index (χ0) is 18.1. The molecule has 7 nitrogen and oxygen atoms in total. The fraction of sp³-hybridized carbons (Fsp3) is 0.471. The topological polar surface area (TPSA) is 124 Å². The van der Waals surface area contributed by atoms with Crippen molar-refractivity contribution >= 4 is 17.9 Å². The van der Waals surface area contributed by atoms with Crippen LogP contribution in [0.25, 0.3) is 0 Å². The number of benzene rings is 1. The Morgan fingerprint density at radius 2 is 1.67 bits per heavy atom. The van der Waals surface area contributed by atoms with Crippen LogP contribution in [0.3, 0.4) is 0 Å². The van der Waals surface area contributed by atoms with Gasteiger partial charge in [0.1, 0.15) is 0 Å². The molecule has 0 amide bonds. The second kappa shape index (κ2) is 9.67. The minimum Gasteiger partial charge on any atom is -0.480 e. The lowest BCUT2D eigenvalue weighted by Crippen LogP contribution is -2.34. The molecule has 1 aliphatic carbocycles. The van der Waals surface area contributed by atoms with Crippen molar-refractivity contribution in [3.8, 4) is 0 Å². The highest BCUT2D eigenvalue weighted by Gasteiger charge is 2.13. The molecule has 0 spiro atoms. The molecular formula is C17H23NO6. The molecular weight excluding hydrogens is 314 g/mol. The van der Waals surface area contributed by atoms with Crippen molar-refractivity contribution in [3.05, 3.63) is 34.9 Å². The Morgan fingerprint density at radius 3 is 2.17 bits per heavy atom. The van der Waals surface area contributed by atoms with E-state index >= 15 is 0 Å². The maximum absolute atomic E-state index is 10.6. The molecule has 4 N–H and O–H groups in total. The predicted octanol–water partition coefficient (Wildman–Crippen LogP) is 2.38. The van der Waals surface area contributed by atoms with Crippen LogP contribution in [0.4, 0.5) is 0 Å². The summed E-state index contributed by atoms with van der Waals surface area (Å²) in [5.41, 5.74) is 0.570. The van der Waals surface area contributed by atoms with E-state index in [1.54, 1.807) is 6.92 Å². The van der Waals surface area contributed by atoms with Gasteiger partial charge in [-0.2, -0.15) is 0 Å². The Morgan fingerprint density at radius 1 is 1.04 bits per heavy atom. The van der Waals surface area contributed by atoms with Gasteiger partial charge in [-0.05, 0) is 37.5 Å². The third kappa shape index (κ3) is 6.78. The van der Waals surface area contributed by atoms with E-state index in [4.69, 9.17) is 15.3 Å². The van der Waals surface area contributed by atoms with Crippen LogP contribution in [0.15, 0.2) is 18.2 Å². The Balaban J connectivity index is 0.000000243. The lowest BCUT2D eigenvalue weighted by molar-refractivity contribution is -0.136. The molecule has 0 bridgehead atoms. The highest BCUT2D eigenvalue weighted by Crippen LogP contribution is 2.16. The maximum Gasteiger partial charge on any atom is 0.335 e. The average molecular weight is 337 g/mol. The number of aryl methyl sites for hydroxylation is 1. The Kier molecular flexibility index (Phi) is 7.91. The van der Waals surface area contributed by atoms with E-state index in [-0.39, 0.29) is 17.7 Å². The standard InChI is InChI=1S/C9H8O4.C8H15NO2/c1-5-2-3-6(8(10)11)4-7(5)9(12)13;10-8(11)6-9-7-4-2-1-3-5-7/h2-4H,1H3,(H,10,11)(H,12,13);7,9H,1-6H2,(H,10,11). The summed E-state index contributed by atoms with van der Waals surface area (Å²) in [5.74, 6) is -2.99. The molecule has 1 aliphatic rings. The smallest absolute Gasteiger partial charge is 0.335 e. The zero-order valence-electron chi connectivity index (χ0n) is 13.6. The Labute approximate surface area is 140 Å². The zero-order valence-corrected chi connectivity index (χ0v) is 13.6. The third-order valence-corrected chi connectivity index (χ3v) is 3.86. The van der Waals surface area contributed by atoms with Crippen molar-refractivity contribution in [1.29, 1.82) is 0 Å². The number of carboxylic acids is 3. The molecule has 0 unspecified atom stereocenters. The van der Waals surface area contributed by atoms with E-state index in [9.17, 15) is 14.4 Å². The van der Waals surface area contributed by atoms with E-state index in [1.165, 1.54) is 31.4 Å². The molecule has 132 valence electrons. The van der Waals surface area contributed by atoms with Crippen molar-refractivity contribution in [3.63, 3.8) is 0 Å². The summed E-state index contributed by atoms with van der Waals surface area (Å²) in [4.78, 5) is 31.3. The molecule has 0 saturated heterocycles. The van der Waals surface area contributed by atoms with Crippen molar-refractivity contribution < 1.29 is 29.7 Å². The van der Waals surface area contributed by atoms with Crippen molar-refractivity contribution in [2.45, 2.75) is 45.1 Å². The van der Waals surface area contributed by atoms with Crippen LogP contribution in [-0.4, -0.2) is 45.8 Å². The number of hydrogen-bond acceptors (Lipinski definition) is 4. The molecule has 0 aliphatic heterocycles. The predicted molar refractivity (Wildman–Crippen MR) is 87.6 cm³/mol. The highest BCUT2D eigenvalue weighted by atomic mass is 16.4. The van der Waals surface area contributed by atoms with Gasteiger partial charge in [0.05, 0.1) is 17.7 Å². The third-order valence-electron chi connectivity index (χ3n) is 3.86. The SMILES string of the molecule is Cc1ccc(C(=O)O)cc1C(=O)O.O=C(O)CNC1CCCCC1. The lowest BCUT2D eigenvalue weighted by Gasteiger charge is -2.21. The molecule has 2 rings (SSSR count). The summed E-state index contributed by atoms with van der Waals surface area (Å²) in [7, 11) is 0. The Bertz CT molecular complexity index is 593.